The average molecular weight is 190 g/mol. The summed E-state index contributed by atoms with van der Waals surface area (Å²) in [6.07, 6.45) is 0. The first kappa shape index (κ1) is 7.62. The predicted octanol–water partition coefficient (Wildman–Crippen LogP) is 1.83. The third-order valence-corrected chi connectivity index (χ3v) is 3.52. The lowest BCUT2D eigenvalue weighted by molar-refractivity contribution is 0.592. The van der Waals surface area contributed by atoms with Gasteiger partial charge in [-0.05, 0) is 22.6 Å². The zero-order valence-electron chi connectivity index (χ0n) is 7.08. The fourth-order valence-electron chi connectivity index (χ4n) is 1.80. The van der Waals surface area contributed by atoms with Gasteiger partial charge in [0.1, 0.15) is 0 Å². The Morgan fingerprint density at radius 3 is 3.23 bits per heavy atom. The van der Waals surface area contributed by atoms with Gasteiger partial charge in [-0.1, -0.05) is 30.0 Å². The summed E-state index contributed by atoms with van der Waals surface area (Å²) in [7, 11) is 0. The molecule has 2 nitrogen and oxygen atoms in total. The van der Waals surface area contributed by atoms with Crippen molar-refractivity contribution in [3.63, 3.8) is 0 Å². The van der Waals surface area contributed by atoms with Crippen molar-refractivity contribution < 1.29 is 0 Å². The van der Waals surface area contributed by atoms with E-state index in [1.54, 1.807) is 0 Å². The molecule has 1 atom stereocenters. The highest BCUT2D eigenvalue weighted by atomic mass is 32.2. The minimum atomic E-state index is 0.400. The smallest absolute Gasteiger partial charge is 0.0704 e. The molecule has 2 heterocycles. The maximum Gasteiger partial charge on any atom is 0.0704 e. The molecule has 3 heteroatoms. The zero-order chi connectivity index (χ0) is 8.67. The van der Waals surface area contributed by atoms with E-state index in [1.165, 1.54) is 16.0 Å². The van der Waals surface area contributed by atoms with Gasteiger partial charge in [0.15, 0.2) is 0 Å². The third kappa shape index (κ3) is 1.12. The Morgan fingerprint density at radius 1 is 1.31 bits per heavy atom. The van der Waals surface area contributed by atoms with Crippen LogP contribution in [0.1, 0.15) is 11.6 Å². The Kier molecular flexibility index (Phi) is 1.68. The van der Waals surface area contributed by atoms with Crippen LogP contribution in [0.4, 0.5) is 0 Å². The lowest BCUT2D eigenvalue weighted by Gasteiger charge is -2.19. The molecule has 1 unspecified atom stereocenters. The standard InChI is InChI=1S/C10H10N2S/c1-2-4-9-8(3-1)10-7(6-13-9)5-11-12-10/h1-4,6,10-12H,5H2. The second-order valence-corrected chi connectivity index (χ2v) is 4.19. The molecule has 0 aliphatic carbocycles. The number of rotatable bonds is 0. The number of hydrogen-bond acceptors (Lipinski definition) is 3. The molecular formula is C10H10N2S. The van der Waals surface area contributed by atoms with Crippen molar-refractivity contribution in [1.82, 2.24) is 10.9 Å². The van der Waals surface area contributed by atoms with E-state index in [1.807, 2.05) is 11.8 Å². The van der Waals surface area contributed by atoms with Crippen molar-refractivity contribution in [1.29, 1.82) is 0 Å². The molecule has 0 radical (unpaired) electrons. The quantitative estimate of drug-likeness (QED) is 0.652. The normalized spacial score (nSPS) is 24.9. The van der Waals surface area contributed by atoms with E-state index < -0.39 is 0 Å². The Bertz CT molecular complexity index is 373. The predicted molar refractivity (Wildman–Crippen MR) is 54.3 cm³/mol. The van der Waals surface area contributed by atoms with Crippen LogP contribution in [0, 0.1) is 0 Å². The minimum Gasteiger partial charge on any atom is -0.253 e. The van der Waals surface area contributed by atoms with Gasteiger partial charge in [-0.3, -0.25) is 5.43 Å². The molecule has 2 aliphatic rings. The van der Waals surface area contributed by atoms with Crippen molar-refractivity contribution in [2.75, 3.05) is 6.54 Å². The summed E-state index contributed by atoms with van der Waals surface area (Å²) < 4.78 is 0. The van der Waals surface area contributed by atoms with Crippen LogP contribution in [0.3, 0.4) is 0 Å². The maximum absolute atomic E-state index is 3.28. The first-order valence-electron chi connectivity index (χ1n) is 4.38. The van der Waals surface area contributed by atoms with Crippen molar-refractivity contribution in [3.05, 3.63) is 40.8 Å². The molecule has 0 bridgehead atoms. The highest BCUT2D eigenvalue weighted by Crippen LogP contribution is 2.39. The molecule has 0 aromatic heterocycles. The molecule has 2 aliphatic heterocycles. The molecule has 13 heavy (non-hydrogen) atoms. The number of benzene rings is 1. The monoisotopic (exact) mass is 190 g/mol. The van der Waals surface area contributed by atoms with E-state index in [2.05, 4.69) is 40.5 Å². The van der Waals surface area contributed by atoms with Crippen LogP contribution in [0.25, 0.3) is 0 Å². The van der Waals surface area contributed by atoms with E-state index in [0.29, 0.717) is 6.04 Å². The molecule has 1 aromatic carbocycles. The zero-order valence-corrected chi connectivity index (χ0v) is 7.90. The largest absolute Gasteiger partial charge is 0.253 e. The summed E-state index contributed by atoms with van der Waals surface area (Å²) in [6, 6.07) is 8.96. The van der Waals surface area contributed by atoms with Gasteiger partial charge in [0.05, 0.1) is 6.04 Å². The van der Waals surface area contributed by atoms with E-state index in [-0.39, 0.29) is 0 Å². The number of hydrazine groups is 1. The summed E-state index contributed by atoms with van der Waals surface area (Å²) in [6.45, 7) is 0.964. The van der Waals surface area contributed by atoms with Crippen LogP contribution in [0.2, 0.25) is 0 Å². The summed E-state index contributed by atoms with van der Waals surface area (Å²) in [5.74, 6) is 0. The molecule has 0 saturated carbocycles. The molecule has 0 amide bonds. The molecule has 0 spiro atoms. The van der Waals surface area contributed by atoms with Crippen LogP contribution < -0.4 is 10.9 Å². The molecule has 3 rings (SSSR count). The van der Waals surface area contributed by atoms with Crippen molar-refractivity contribution in [3.8, 4) is 0 Å². The van der Waals surface area contributed by atoms with Crippen LogP contribution in [0.15, 0.2) is 40.1 Å². The fourth-order valence-corrected chi connectivity index (χ4v) is 2.78. The lowest BCUT2D eigenvalue weighted by atomic mass is 10.0. The van der Waals surface area contributed by atoms with Crippen LogP contribution in [-0.4, -0.2) is 6.54 Å². The van der Waals surface area contributed by atoms with Gasteiger partial charge in [0.25, 0.3) is 0 Å². The second-order valence-electron chi connectivity index (χ2n) is 3.28. The first-order valence-corrected chi connectivity index (χ1v) is 5.26. The van der Waals surface area contributed by atoms with Crippen LogP contribution in [0.5, 0.6) is 0 Å². The van der Waals surface area contributed by atoms with Gasteiger partial charge in [0.2, 0.25) is 0 Å². The average Bonchev–Trinajstić information content (AvgIpc) is 2.65. The van der Waals surface area contributed by atoms with Gasteiger partial charge in [-0.15, -0.1) is 0 Å². The first-order chi connectivity index (χ1) is 6.45. The Labute approximate surface area is 81.4 Å². The lowest BCUT2D eigenvalue weighted by Crippen LogP contribution is -2.25. The Hall–Kier alpha value is -0.770. The van der Waals surface area contributed by atoms with Gasteiger partial charge >= 0.3 is 0 Å². The van der Waals surface area contributed by atoms with Gasteiger partial charge in [-0.2, -0.15) is 0 Å². The van der Waals surface area contributed by atoms with Crippen molar-refractivity contribution in [2.45, 2.75) is 10.9 Å². The fraction of sp³-hybridized carbons (Fsp3) is 0.200. The van der Waals surface area contributed by atoms with E-state index in [9.17, 15) is 0 Å². The second kappa shape index (κ2) is 2.87. The Balaban J connectivity index is 2.12. The van der Waals surface area contributed by atoms with Gasteiger partial charge in [0, 0.05) is 11.4 Å². The van der Waals surface area contributed by atoms with E-state index >= 15 is 0 Å². The molecule has 66 valence electrons. The minimum absolute atomic E-state index is 0.400. The Morgan fingerprint density at radius 2 is 2.23 bits per heavy atom. The van der Waals surface area contributed by atoms with Crippen LogP contribution >= 0.6 is 11.8 Å². The van der Waals surface area contributed by atoms with Gasteiger partial charge < -0.3 is 0 Å². The molecule has 1 saturated heterocycles. The number of nitrogens with one attached hydrogen (secondary N) is 2. The molecule has 1 fully saturated rings. The summed E-state index contributed by atoms with van der Waals surface area (Å²) in [5, 5.41) is 2.25. The summed E-state index contributed by atoms with van der Waals surface area (Å²) >= 11 is 1.82. The van der Waals surface area contributed by atoms with Gasteiger partial charge in [-0.25, -0.2) is 5.43 Å². The number of thioether (sulfide) groups is 1. The van der Waals surface area contributed by atoms with E-state index in [0.717, 1.165) is 6.54 Å². The third-order valence-electron chi connectivity index (χ3n) is 2.48. The molecular weight excluding hydrogens is 180 g/mol. The van der Waals surface area contributed by atoms with Crippen LogP contribution in [-0.2, 0) is 0 Å². The topological polar surface area (TPSA) is 24.1 Å². The summed E-state index contributed by atoms with van der Waals surface area (Å²) in [4.78, 5) is 1.37. The highest BCUT2D eigenvalue weighted by molar-refractivity contribution is 8.02. The number of hydrogen-bond donors (Lipinski definition) is 2. The number of fused-ring (bicyclic) bond motifs is 3. The summed E-state index contributed by atoms with van der Waals surface area (Å²) in [5.41, 5.74) is 9.30. The SMILES string of the molecule is C1=C2CNNC2c2ccccc2S1. The highest BCUT2D eigenvalue weighted by Gasteiger charge is 2.26. The molecule has 1 aromatic rings. The van der Waals surface area contributed by atoms with Crippen molar-refractivity contribution in [2.24, 2.45) is 0 Å². The van der Waals surface area contributed by atoms with Crippen molar-refractivity contribution >= 4 is 11.8 Å². The molecule has 2 N–H and O–H groups in total. The maximum atomic E-state index is 3.28. The van der Waals surface area contributed by atoms with E-state index in [4.69, 9.17) is 0 Å².